The minimum atomic E-state index is -0.0649. The zero-order valence-corrected chi connectivity index (χ0v) is 15.4. The van der Waals surface area contributed by atoms with E-state index in [1.807, 2.05) is 0 Å². The van der Waals surface area contributed by atoms with E-state index >= 15 is 0 Å². The molecule has 0 bridgehead atoms. The molecule has 0 spiro atoms. The fourth-order valence-corrected chi connectivity index (χ4v) is 4.96. The van der Waals surface area contributed by atoms with Gasteiger partial charge in [0.25, 0.3) is 0 Å². The molecule has 110 valence electrons. The van der Waals surface area contributed by atoms with E-state index in [1.165, 1.54) is 7.78 Å². The number of rotatable bonds is 3. The second-order valence-electron chi connectivity index (χ2n) is 4.96. The predicted octanol–water partition coefficient (Wildman–Crippen LogP) is 2.55. The molecule has 6 heteroatoms. The topological polar surface area (TPSA) is 43.2 Å². The zero-order chi connectivity index (χ0) is 14.7. The molecule has 4 nitrogen and oxygen atoms in total. The number of methoxy groups -OCH3 is 2. The van der Waals surface area contributed by atoms with E-state index in [4.69, 9.17) is 14.5 Å². The molecule has 0 fully saturated rings. The zero-order valence-electron chi connectivity index (χ0n) is 12.1. The van der Waals surface area contributed by atoms with E-state index in [0.29, 0.717) is 32.2 Å². The Bertz CT molecular complexity index is 525. The van der Waals surface area contributed by atoms with E-state index < -0.39 is 0 Å². The van der Waals surface area contributed by atoms with Crippen molar-refractivity contribution in [2.45, 2.75) is 32.4 Å². The minimum absolute atomic E-state index is 0.0425. The van der Waals surface area contributed by atoms with Gasteiger partial charge in [-0.25, -0.2) is 0 Å². The summed E-state index contributed by atoms with van der Waals surface area (Å²) in [5, 5.41) is 0. The van der Waals surface area contributed by atoms with Crippen molar-refractivity contribution in [2.75, 3.05) is 14.2 Å². The van der Waals surface area contributed by atoms with Crippen LogP contribution in [0.4, 0.5) is 0 Å². The van der Waals surface area contributed by atoms with Gasteiger partial charge in [-0.1, -0.05) is 0 Å². The van der Waals surface area contributed by atoms with Gasteiger partial charge in [0.15, 0.2) is 0 Å². The van der Waals surface area contributed by atoms with Gasteiger partial charge in [0.1, 0.15) is 0 Å². The number of hydrogen-bond acceptors (Lipinski definition) is 4. The molecular weight excluding hydrogens is 387 g/mol. The number of aliphatic imine (C=N–C) groups is 2. The number of nitrogens with zero attached hydrogens (tertiary/aromatic N) is 2. The fraction of sp³-hybridized carbons (Fsp3) is 0.571. The Hall–Kier alpha value is -0.581. The molecule has 1 aromatic rings. The van der Waals surface area contributed by atoms with Gasteiger partial charge in [0.05, 0.1) is 0 Å². The molecule has 0 saturated heterocycles. The molecule has 2 rings (SSSR count). The van der Waals surface area contributed by atoms with Crippen LogP contribution in [-0.2, 0) is 15.9 Å². The molecule has 0 N–H and O–H groups in total. The summed E-state index contributed by atoms with van der Waals surface area (Å²) in [5.41, 5.74) is 0. The van der Waals surface area contributed by atoms with Crippen molar-refractivity contribution >= 4 is 42.2 Å². The van der Waals surface area contributed by atoms with Crippen molar-refractivity contribution in [2.24, 2.45) is 15.9 Å². The van der Waals surface area contributed by atoms with Crippen LogP contribution in [0.5, 0.6) is 0 Å². The molecule has 0 radical (unpaired) electrons. The maximum atomic E-state index is 5.45. The fourth-order valence-electron chi connectivity index (χ4n) is 2.14. The van der Waals surface area contributed by atoms with Gasteiger partial charge in [-0.15, -0.1) is 0 Å². The standard InChI is InChI=1S/C14H19BrN2O2Se/c1-8(2)12-14(19-4)16-10(13(17-12)18-3)7-9-5-6-11(15)20-9/h5-6,8,10,12H,7H2,1-4H3/t10?,12-/m1/s1. The van der Waals surface area contributed by atoms with E-state index in [-0.39, 0.29) is 12.1 Å². The van der Waals surface area contributed by atoms with Crippen molar-refractivity contribution in [1.82, 2.24) is 0 Å². The van der Waals surface area contributed by atoms with Crippen molar-refractivity contribution < 1.29 is 9.47 Å². The summed E-state index contributed by atoms with van der Waals surface area (Å²) in [6, 6.07) is 4.16. The quantitative estimate of drug-likeness (QED) is 0.725. The van der Waals surface area contributed by atoms with Crippen LogP contribution < -0.4 is 0 Å². The molecule has 1 unspecified atom stereocenters. The van der Waals surface area contributed by atoms with Crippen LogP contribution in [0.25, 0.3) is 0 Å². The van der Waals surface area contributed by atoms with Gasteiger partial charge < -0.3 is 0 Å². The van der Waals surface area contributed by atoms with Crippen LogP contribution in [0.3, 0.4) is 0 Å². The third-order valence-corrected chi connectivity index (χ3v) is 6.15. The second-order valence-corrected chi connectivity index (χ2v) is 9.44. The summed E-state index contributed by atoms with van der Waals surface area (Å²) in [6.07, 6.45) is 0.843. The SMILES string of the molecule is COC1=N[C@H](C(C)C)C(OC)=NC1Cc1ccc(Br)[se]1. The molecule has 0 saturated carbocycles. The Kier molecular flexibility index (Phi) is 5.47. The first-order valence-corrected chi connectivity index (χ1v) is 9.03. The monoisotopic (exact) mass is 406 g/mol. The molecule has 1 aromatic heterocycles. The second kappa shape index (κ2) is 6.92. The predicted molar refractivity (Wildman–Crippen MR) is 86.1 cm³/mol. The average Bonchev–Trinajstić information content (AvgIpc) is 2.83. The molecule has 20 heavy (non-hydrogen) atoms. The first-order chi connectivity index (χ1) is 9.55. The Balaban J connectivity index is 2.23. The van der Waals surface area contributed by atoms with Crippen molar-refractivity contribution in [3.05, 3.63) is 19.9 Å². The number of hydrogen-bond donors (Lipinski definition) is 0. The first-order valence-electron chi connectivity index (χ1n) is 6.52. The van der Waals surface area contributed by atoms with Crippen LogP contribution in [0.15, 0.2) is 25.5 Å². The Morgan fingerprint density at radius 3 is 2.40 bits per heavy atom. The average molecular weight is 406 g/mol. The van der Waals surface area contributed by atoms with Gasteiger partial charge in [-0.3, -0.25) is 0 Å². The summed E-state index contributed by atoms with van der Waals surface area (Å²) < 4.78 is 13.5. The van der Waals surface area contributed by atoms with E-state index in [1.54, 1.807) is 14.2 Å². The third kappa shape index (κ3) is 3.54. The Morgan fingerprint density at radius 1 is 1.20 bits per heavy atom. The Morgan fingerprint density at radius 2 is 1.90 bits per heavy atom. The maximum absolute atomic E-state index is 5.45. The molecule has 1 aliphatic rings. The molecular formula is C14H19BrN2O2Se. The number of halogens is 1. The molecule has 0 aliphatic carbocycles. The van der Waals surface area contributed by atoms with Crippen molar-refractivity contribution in [1.29, 1.82) is 0 Å². The van der Waals surface area contributed by atoms with Gasteiger partial charge in [-0.05, 0) is 0 Å². The summed E-state index contributed by atoms with van der Waals surface area (Å²) in [7, 11) is 3.33. The third-order valence-electron chi connectivity index (χ3n) is 3.16. The van der Waals surface area contributed by atoms with Crippen LogP contribution in [0.1, 0.15) is 18.3 Å². The van der Waals surface area contributed by atoms with Gasteiger partial charge >= 0.3 is 134 Å². The van der Waals surface area contributed by atoms with Gasteiger partial charge in [0, 0.05) is 0 Å². The van der Waals surface area contributed by atoms with E-state index in [0.717, 1.165) is 6.42 Å². The normalized spacial score (nSPS) is 22.5. The van der Waals surface area contributed by atoms with E-state index in [2.05, 4.69) is 46.9 Å². The van der Waals surface area contributed by atoms with Crippen molar-refractivity contribution in [3.63, 3.8) is 0 Å². The molecule has 1 aliphatic heterocycles. The molecule has 2 heterocycles. The summed E-state index contributed by atoms with van der Waals surface area (Å²) in [4.78, 5) is 9.40. The van der Waals surface area contributed by atoms with Crippen molar-refractivity contribution in [3.8, 4) is 0 Å². The van der Waals surface area contributed by atoms with Crippen LogP contribution in [-0.4, -0.2) is 52.6 Å². The Labute approximate surface area is 134 Å². The van der Waals surface area contributed by atoms with Crippen LogP contribution in [0, 0.1) is 5.92 Å². The number of ether oxygens (including phenoxy) is 2. The summed E-state index contributed by atoms with van der Waals surface area (Å²) in [5.74, 6) is 1.76. The molecule has 0 amide bonds. The summed E-state index contributed by atoms with van der Waals surface area (Å²) in [6.45, 7) is 4.22. The molecule has 0 aromatic carbocycles. The first kappa shape index (κ1) is 15.8. The van der Waals surface area contributed by atoms with E-state index in [9.17, 15) is 0 Å². The molecule has 2 atom stereocenters. The van der Waals surface area contributed by atoms with Gasteiger partial charge in [0.2, 0.25) is 0 Å². The van der Waals surface area contributed by atoms with Crippen LogP contribution in [0.2, 0.25) is 0 Å². The van der Waals surface area contributed by atoms with Gasteiger partial charge in [-0.2, -0.15) is 0 Å². The summed E-state index contributed by atoms with van der Waals surface area (Å²) >= 11 is 3.92. The van der Waals surface area contributed by atoms with Crippen LogP contribution >= 0.6 is 15.9 Å².